The third-order valence-electron chi connectivity index (χ3n) is 3.99. The van der Waals surface area contributed by atoms with Crippen molar-refractivity contribution in [2.75, 3.05) is 0 Å². The van der Waals surface area contributed by atoms with Crippen molar-refractivity contribution in [3.05, 3.63) is 59.1 Å². The molecule has 3 aromatic rings. The molecule has 2 amide bonds. The largest absolute Gasteiger partial charge is 0.364 e. The zero-order valence-corrected chi connectivity index (χ0v) is 12.1. The van der Waals surface area contributed by atoms with Gasteiger partial charge in [-0.1, -0.05) is 0 Å². The summed E-state index contributed by atoms with van der Waals surface area (Å²) in [5.41, 5.74) is 0.525. The number of nitrogens with one attached hydrogen (secondary N) is 3. The molecule has 0 bridgehead atoms. The summed E-state index contributed by atoms with van der Waals surface area (Å²) >= 11 is 1.25. The van der Waals surface area contributed by atoms with Crippen LogP contribution in [-0.4, -0.2) is 31.4 Å². The Hall–Kier alpha value is -2.74. The van der Waals surface area contributed by atoms with Gasteiger partial charge in [0.1, 0.15) is 11.3 Å². The van der Waals surface area contributed by atoms with E-state index in [0.717, 1.165) is 0 Å². The van der Waals surface area contributed by atoms with Crippen molar-refractivity contribution in [3.63, 3.8) is 0 Å². The first-order valence-corrected chi connectivity index (χ1v) is 7.47. The normalized spacial score (nSPS) is 24.6. The van der Waals surface area contributed by atoms with Gasteiger partial charge in [-0.05, 0) is 35.8 Å². The number of amides is 2. The summed E-state index contributed by atoms with van der Waals surface area (Å²) in [5, 5.41) is 11.0. The van der Waals surface area contributed by atoms with Crippen LogP contribution in [0.1, 0.15) is 23.0 Å². The Bertz CT molecular complexity index is 773. The van der Waals surface area contributed by atoms with Crippen LogP contribution in [0.25, 0.3) is 0 Å². The number of carbonyl (C=O) groups excluding carboxylic acids is 2. The number of nitrogens with zero attached hydrogens (tertiary/aromatic N) is 2. The quantitative estimate of drug-likeness (QED) is 0.625. The van der Waals surface area contributed by atoms with Gasteiger partial charge in [0.15, 0.2) is 0 Å². The van der Waals surface area contributed by atoms with Gasteiger partial charge >= 0.3 is 0 Å². The highest BCUT2D eigenvalue weighted by Gasteiger charge is 2.60. The average Bonchev–Trinajstić information content (AvgIpc) is 3.27. The van der Waals surface area contributed by atoms with Gasteiger partial charge in [-0.2, -0.15) is 9.47 Å². The lowest BCUT2D eigenvalue weighted by atomic mass is 9.70. The second-order valence-corrected chi connectivity index (χ2v) is 5.70. The van der Waals surface area contributed by atoms with Crippen LogP contribution in [0, 0.1) is 0 Å². The predicted octanol–water partition coefficient (Wildman–Crippen LogP) is 0.921. The van der Waals surface area contributed by atoms with Crippen LogP contribution in [0.5, 0.6) is 0 Å². The molecule has 7 nitrogen and oxygen atoms in total. The molecule has 110 valence electrons. The molecule has 0 aliphatic carbocycles. The van der Waals surface area contributed by atoms with Gasteiger partial charge in [-0.3, -0.25) is 20.0 Å². The Balaban J connectivity index is 2.03. The van der Waals surface area contributed by atoms with Crippen LogP contribution < -0.4 is 5.32 Å². The van der Waals surface area contributed by atoms with Crippen molar-refractivity contribution in [3.8, 4) is 0 Å². The van der Waals surface area contributed by atoms with E-state index in [1.165, 1.54) is 11.5 Å². The van der Waals surface area contributed by atoms with Gasteiger partial charge in [0.2, 0.25) is 11.8 Å². The van der Waals surface area contributed by atoms with Gasteiger partial charge in [-0.15, -0.1) is 0 Å². The van der Waals surface area contributed by atoms with Gasteiger partial charge < -0.3 is 4.98 Å². The fraction of sp³-hybridized carbons (Fsp3) is 0.143. The molecule has 2 atom stereocenters. The molecular weight excluding hydrogens is 302 g/mol. The SMILES string of the molecule is O=C1NC(=O)C(c2ccc[nH]2)(c2ccn[nH]2)C1c1ccsn1. The maximum absolute atomic E-state index is 12.8. The number of hydrogen-bond acceptors (Lipinski definition) is 5. The molecular formula is C14H11N5O2S. The summed E-state index contributed by atoms with van der Waals surface area (Å²) < 4.78 is 4.28. The minimum absolute atomic E-state index is 0.361. The van der Waals surface area contributed by atoms with Crippen molar-refractivity contribution in [2.24, 2.45) is 0 Å². The number of aromatic nitrogens is 4. The molecule has 4 heterocycles. The lowest BCUT2D eigenvalue weighted by molar-refractivity contribution is -0.126. The second-order valence-electron chi connectivity index (χ2n) is 5.04. The van der Waals surface area contributed by atoms with E-state index in [1.807, 2.05) is 0 Å². The van der Waals surface area contributed by atoms with E-state index < -0.39 is 11.3 Å². The molecule has 0 aromatic carbocycles. The Morgan fingerprint density at radius 1 is 1.18 bits per heavy atom. The first-order chi connectivity index (χ1) is 10.7. The molecule has 4 rings (SSSR count). The molecule has 1 saturated heterocycles. The van der Waals surface area contributed by atoms with Gasteiger partial charge in [0, 0.05) is 23.5 Å². The van der Waals surface area contributed by atoms with Crippen LogP contribution in [0.2, 0.25) is 0 Å². The lowest BCUT2D eigenvalue weighted by Gasteiger charge is -2.28. The summed E-state index contributed by atoms with van der Waals surface area (Å²) in [6.45, 7) is 0. The van der Waals surface area contributed by atoms with E-state index in [-0.39, 0.29) is 11.8 Å². The highest BCUT2D eigenvalue weighted by Crippen LogP contribution is 2.46. The predicted molar refractivity (Wildman–Crippen MR) is 78.2 cm³/mol. The topological polar surface area (TPSA) is 104 Å². The molecule has 0 radical (unpaired) electrons. The Kier molecular flexibility index (Phi) is 2.73. The van der Waals surface area contributed by atoms with Crippen LogP contribution in [-0.2, 0) is 15.0 Å². The average molecular weight is 313 g/mol. The van der Waals surface area contributed by atoms with E-state index in [9.17, 15) is 9.59 Å². The highest BCUT2D eigenvalue weighted by molar-refractivity contribution is 7.03. The summed E-state index contributed by atoms with van der Waals surface area (Å²) in [7, 11) is 0. The fourth-order valence-electron chi connectivity index (χ4n) is 3.09. The fourth-order valence-corrected chi connectivity index (χ4v) is 3.64. The number of aromatic amines is 2. The van der Waals surface area contributed by atoms with E-state index in [0.29, 0.717) is 17.1 Å². The molecule has 3 N–H and O–H groups in total. The Morgan fingerprint density at radius 2 is 2.09 bits per heavy atom. The van der Waals surface area contributed by atoms with Gasteiger partial charge in [0.25, 0.3) is 0 Å². The summed E-state index contributed by atoms with van der Waals surface area (Å²) in [6.07, 6.45) is 3.29. The molecule has 1 aliphatic heterocycles. The second kappa shape index (κ2) is 4.63. The Labute approximate surface area is 128 Å². The van der Waals surface area contributed by atoms with Crippen molar-refractivity contribution in [2.45, 2.75) is 11.3 Å². The molecule has 8 heteroatoms. The zero-order valence-electron chi connectivity index (χ0n) is 11.2. The first kappa shape index (κ1) is 13.0. The van der Waals surface area contributed by atoms with Crippen LogP contribution >= 0.6 is 11.5 Å². The van der Waals surface area contributed by atoms with E-state index >= 15 is 0 Å². The molecule has 3 aromatic heterocycles. The molecule has 1 fully saturated rings. The number of imide groups is 1. The van der Waals surface area contributed by atoms with Crippen molar-refractivity contribution >= 4 is 23.3 Å². The van der Waals surface area contributed by atoms with E-state index in [2.05, 4.69) is 24.9 Å². The third-order valence-corrected chi connectivity index (χ3v) is 4.57. The number of rotatable bonds is 3. The summed E-state index contributed by atoms with van der Waals surface area (Å²) in [5.74, 6) is -1.49. The van der Waals surface area contributed by atoms with Crippen LogP contribution in [0.3, 0.4) is 0 Å². The lowest BCUT2D eigenvalue weighted by Crippen LogP contribution is -2.41. The number of carbonyl (C=O) groups is 2. The van der Waals surface area contributed by atoms with Gasteiger partial charge in [0.05, 0.1) is 11.4 Å². The maximum Gasteiger partial charge on any atom is 0.246 e. The summed E-state index contributed by atoms with van der Waals surface area (Å²) in [6, 6.07) is 7.06. The molecule has 22 heavy (non-hydrogen) atoms. The van der Waals surface area contributed by atoms with Crippen molar-refractivity contribution in [1.29, 1.82) is 0 Å². The van der Waals surface area contributed by atoms with E-state index in [4.69, 9.17) is 0 Å². The van der Waals surface area contributed by atoms with Gasteiger partial charge in [-0.25, -0.2) is 0 Å². The maximum atomic E-state index is 12.8. The standard InChI is InChI=1S/C14H11N5O2S/c20-12-11(8-4-7-22-19-8)14(13(21)17-12,9-2-1-5-15-9)10-3-6-16-18-10/h1-7,11,15H,(H,16,18)(H,17,20,21). The van der Waals surface area contributed by atoms with E-state index in [1.54, 1.807) is 42.0 Å². The molecule has 1 aliphatic rings. The molecule has 0 spiro atoms. The van der Waals surface area contributed by atoms with Crippen molar-refractivity contribution in [1.82, 2.24) is 24.9 Å². The first-order valence-electron chi connectivity index (χ1n) is 6.64. The van der Waals surface area contributed by atoms with Crippen molar-refractivity contribution < 1.29 is 9.59 Å². The number of H-pyrrole nitrogens is 2. The monoisotopic (exact) mass is 313 g/mol. The summed E-state index contributed by atoms with van der Waals surface area (Å²) in [4.78, 5) is 28.3. The smallest absolute Gasteiger partial charge is 0.246 e. The zero-order chi connectivity index (χ0) is 15.2. The minimum atomic E-state index is -1.22. The number of hydrogen-bond donors (Lipinski definition) is 3. The third kappa shape index (κ3) is 1.55. The van der Waals surface area contributed by atoms with Crippen LogP contribution in [0.15, 0.2) is 42.0 Å². The van der Waals surface area contributed by atoms with Crippen LogP contribution in [0.4, 0.5) is 0 Å². The molecule has 2 unspecified atom stereocenters. The highest BCUT2D eigenvalue weighted by atomic mass is 32.1. The minimum Gasteiger partial charge on any atom is -0.364 e. The Morgan fingerprint density at radius 3 is 2.73 bits per heavy atom. The molecule has 0 saturated carbocycles.